The molecule has 0 aliphatic heterocycles. The van der Waals surface area contributed by atoms with Crippen LogP contribution in [-0.4, -0.2) is 69.8 Å². The molecular formula is C22H50O4S4Si2. The van der Waals surface area contributed by atoms with E-state index < -0.39 is 0 Å². The quantitative estimate of drug-likeness (QED) is 0.0528. The summed E-state index contributed by atoms with van der Waals surface area (Å²) in [5.74, 6) is 2.30. The van der Waals surface area contributed by atoms with Crippen molar-refractivity contribution in [2.75, 3.05) is 39.9 Å². The van der Waals surface area contributed by atoms with Crippen molar-refractivity contribution in [1.29, 1.82) is 0 Å². The molecule has 0 aromatic carbocycles. The molecule has 0 fully saturated rings. The van der Waals surface area contributed by atoms with Crippen LogP contribution >= 0.6 is 41.2 Å². The first-order chi connectivity index (χ1) is 15.6. The minimum Gasteiger partial charge on any atom is -0.358 e. The van der Waals surface area contributed by atoms with E-state index in [0.717, 1.165) is 37.2 Å². The molecule has 0 radical (unpaired) electrons. The topological polar surface area (TPSA) is 36.9 Å². The molecule has 0 saturated carbocycles. The van der Waals surface area contributed by atoms with Gasteiger partial charge >= 0.3 is 0 Å². The van der Waals surface area contributed by atoms with Gasteiger partial charge in [-0.3, -0.25) is 0 Å². The molecule has 0 aliphatic carbocycles. The monoisotopic (exact) mass is 562 g/mol. The second-order valence-electron chi connectivity index (χ2n) is 8.25. The van der Waals surface area contributed by atoms with E-state index in [0.29, 0.717) is 0 Å². The maximum Gasteiger partial charge on any atom is 0.144 e. The highest BCUT2D eigenvalue weighted by Gasteiger charge is 2.29. The second kappa shape index (κ2) is 23.1. The van der Waals surface area contributed by atoms with Gasteiger partial charge in [-0.05, 0) is 45.3 Å². The van der Waals surface area contributed by atoms with Crippen LogP contribution in [0.25, 0.3) is 0 Å². The van der Waals surface area contributed by atoms with Gasteiger partial charge in [0, 0.05) is 39.9 Å². The average Bonchev–Trinajstić information content (AvgIpc) is 2.83. The van der Waals surface area contributed by atoms with E-state index in [2.05, 4.69) is 13.8 Å². The minimum absolute atomic E-state index is 0.254. The summed E-state index contributed by atoms with van der Waals surface area (Å²) in [5, 5.41) is 0. The molecule has 0 amide bonds. The Morgan fingerprint density at radius 1 is 0.562 bits per heavy atom. The number of unbranched alkanes of at least 4 members (excludes halogenated alkanes) is 4. The lowest BCUT2D eigenvalue weighted by molar-refractivity contribution is -0.149. The van der Waals surface area contributed by atoms with Gasteiger partial charge in [0.1, 0.15) is 10.8 Å². The first kappa shape index (κ1) is 33.7. The highest BCUT2D eigenvalue weighted by Crippen LogP contribution is 2.44. The standard InChI is InChI=1S/C22H50O4S4Si2/c1-7-9-11-19-31-21(23-3,24-4)15-13-17-27-29-30-28-18-14-16-22(25-5,26-6)32-20-12-10-8-2/h7-20,31-32H2,1-6H3. The highest BCUT2D eigenvalue weighted by molar-refractivity contribution is 9.26. The third-order valence-electron chi connectivity index (χ3n) is 6.01. The van der Waals surface area contributed by atoms with Gasteiger partial charge in [-0.15, -0.1) is 0 Å². The molecule has 0 aliphatic rings. The van der Waals surface area contributed by atoms with Crippen molar-refractivity contribution in [1.82, 2.24) is 0 Å². The van der Waals surface area contributed by atoms with Crippen molar-refractivity contribution in [2.24, 2.45) is 0 Å². The summed E-state index contributed by atoms with van der Waals surface area (Å²) in [4.78, 5) is 0. The molecular weight excluding hydrogens is 513 g/mol. The SMILES string of the molecule is CCCCC[SiH2]C(CCCSSSSCCCC(OC)(OC)[SiH2]CCCCC)(OC)OC. The lowest BCUT2D eigenvalue weighted by atomic mass is 10.3. The van der Waals surface area contributed by atoms with E-state index in [4.69, 9.17) is 18.9 Å². The Hall–Kier alpha value is 1.67. The summed E-state index contributed by atoms with van der Waals surface area (Å²) in [5.41, 5.74) is -0.508. The summed E-state index contributed by atoms with van der Waals surface area (Å²) in [6.45, 7) is 4.52. The van der Waals surface area contributed by atoms with Crippen molar-refractivity contribution < 1.29 is 18.9 Å². The van der Waals surface area contributed by atoms with Gasteiger partial charge in [0.2, 0.25) is 0 Å². The largest absolute Gasteiger partial charge is 0.358 e. The maximum absolute atomic E-state index is 5.82. The molecule has 0 aromatic heterocycles. The lowest BCUT2D eigenvalue weighted by Gasteiger charge is -2.31. The van der Waals surface area contributed by atoms with Gasteiger partial charge in [-0.2, -0.15) is 0 Å². The molecule has 0 unspecified atom stereocenters. The Balaban J connectivity index is 3.86. The zero-order chi connectivity index (χ0) is 24.0. The zero-order valence-electron chi connectivity index (χ0n) is 21.6. The van der Waals surface area contributed by atoms with Gasteiger partial charge in [0.25, 0.3) is 0 Å². The minimum atomic E-state index is -0.368. The van der Waals surface area contributed by atoms with Gasteiger partial charge in [-0.25, -0.2) is 0 Å². The summed E-state index contributed by atoms with van der Waals surface area (Å²) in [6, 6.07) is 2.64. The van der Waals surface area contributed by atoms with Crippen LogP contribution < -0.4 is 0 Å². The van der Waals surface area contributed by atoms with E-state index in [-0.39, 0.29) is 29.9 Å². The maximum atomic E-state index is 5.82. The molecule has 0 heterocycles. The fourth-order valence-electron chi connectivity index (χ4n) is 3.78. The molecule has 0 aromatic rings. The van der Waals surface area contributed by atoms with Crippen LogP contribution in [0.4, 0.5) is 0 Å². The van der Waals surface area contributed by atoms with Crippen LogP contribution in [0.2, 0.25) is 12.1 Å². The third-order valence-corrected chi connectivity index (χ3v) is 17.7. The van der Waals surface area contributed by atoms with Gasteiger partial charge < -0.3 is 18.9 Å². The molecule has 10 heteroatoms. The number of ether oxygens (including phenoxy) is 4. The summed E-state index contributed by atoms with van der Waals surface area (Å²) in [6.07, 6.45) is 12.2. The van der Waals surface area contributed by atoms with E-state index in [9.17, 15) is 0 Å². The smallest absolute Gasteiger partial charge is 0.144 e. The third kappa shape index (κ3) is 16.4. The van der Waals surface area contributed by atoms with Gasteiger partial charge in [-0.1, -0.05) is 86.0 Å². The van der Waals surface area contributed by atoms with E-state index in [1.165, 1.54) is 50.6 Å². The summed E-state index contributed by atoms with van der Waals surface area (Å²) >= 11 is 0. The first-order valence-corrected chi connectivity index (χ1v) is 20.9. The number of hydrogen-bond acceptors (Lipinski definition) is 8. The van der Waals surface area contributed by atoms with Crippen LogP contribution in [0.15, 0.2) is 0 Å². The van der Waals surface area contributed by atoms with Crippen molar-refractivity contribution in [2.45, 2.75) is 101 Å². The normalized spacial score (nSPS) is 13.3. The Kier molecular flexibility index (Phi) is 24.3. The predicted molar refractivity (Wildman–Crippen MR) is 158 cm³/mol. The molecule has 0 bridgehead atoms. The van der Waals surface area contributed by atoms with Crippen LogP contribution in [0, 0.1) is 0 Å². The number of hydrogen-bond donors (Lipinski definition) is 0. The Morgan fingerprint density at radius 3 is 1.25 bits per heavy atom. The predicted octanol–water partition coefficient (Wildman–Crippen LogP) is 6.67. The summed E-state index contributed by atoms with van der Waals surface area (Å²) < 4.78 is 23.3. The molecule has 4 nitrogen and oxygen atoms in total. The van der Waals surface area contributed by atoms with Crippen LogP contribution in [0.3, 0.4) is 0 Å². The molecule has 194 valence electrons. The molecule has 0 atom stereocenters. The lowest BCUT2D eigenvalue weighted by Crippen LogP contribution is -2.40. The molecule has 32 heavy (non-hydrogen) atoms. The van der Waals surface area contributed by atoms with Crippen molar-refractivity contribution in [3.8, 4) is 0 Å². The summed E-state index contributed by atoms with van der Waals surface area (Å²) in [7, 11) is 14.3. The molecule has 0 saturated heterocycles. The zero-order valence-corrected chi connectivity index (χ0v) is 27.7. The molecule has 0 spiro atoms. The Labute approximate surface area is 219 Å². The fraction of sp³-hybridized carbons (Fsp3) is 1.00. The first-order valence-electron chi connectivity index (χ1n) is 12.4. The van der Waals surface area contributed by atoms with Gasteiger partial charge in [0.05, 0.1) is 19.0 Å². The number of methoxy groups -OCH3 is 4. The van der Waals surface area contributed by atoms with Crippen molar-refractivity contribution >= 4 is 60.3 Å². The second-order valence-corrected chi connectivity index (χ2v) is 19.1. The van der Waals surface area contributed by atoms with Crippen LogP contribution in [0.5, 0.6) is 0 Å². The highest BCUT2D eigenvalue weighted by atomic mass is 33.7. The molecule has 0 rings (SSSR count). The average molecular weight is 563 g/mol. The Morgan fingerprint density at radius 2 is 0.938 bits per heavy atom. The molecule has 0 N–H and O–H groups in total. The van der Waals surface area contributed by atoms with E-state index in [1.54, 1.807) is 0 Å². The number of rotatable bonds is 25. The fourth-order valence-corrected chi connectivity index (χ4v) is 14.0. The van der Waals surface area contributed by atoms with Crippen LogP contribution in [0.1, 0.15) is 78.1 Å². The van der Waals surface area contributed by atoms with Gasteiger partial charge in [0.15, 0.2) is 0 Å². The van der Waals surface area contributed by atoms with E-state index >= 15 is 0 Å². The van der Waals surface area contributed by atoms with Crippen LogP contribution in [-0.2, 0) is 18.9 Å². The Bertz CT molecular complexity index is 368. The van der Waals surface area contributed by atoms with Crippen molar-refractivity contribution in [3.63, 3.8) is 0 Å². The van der Waals surface area contributed by atoms with Crippen molar-refractivity contribution in [3.05, 3.63) is 0 Å². The van der Waals surface area contributed by atoms with E-state index in [1.807, 2.05) is 69.7 Å².